The topological polar surface area (TPSA) is 51.0 Å². The third-order valence-corrected chi connectivity index (χ3v) is 4.98. The molecule has 1 aliphatic heterocycles. The second-order valence-electron chi connectivity index (χ2n) is 5.61. The normalized spacial score (nSPS) is 19.0. The Morgan fingerprint density at radius 2 is 2.14 bits per heavy atom. The van der Waals surface area contributed by atoms with Crippen molar-refractivity contribution in [1.82, 2.24) is 19.7 Å². The number of aryl methyl sites for hydroxylation is 1. The minimum Gasteiger partial charge on any atom is -0.339 e. The first-order valence-electron chi connectivity index (χ1n) is 8.01. The summed E-state index contributed by atoms with van der Waals surface area (Å²) in [5.74, 6) is 1.73. The molecular formula is C15H26N4OS. The highest BCUT2D eigenvalue weighted by Crippen LogP contribution is 2.21. The lowest BCUT2D eigenvalue weighted by Crippen LogP contribution is -2.43. The molecule has 118 valence electrons. The number of rotatable bonds is 6. The molecule has 21 heavy (non-hydrogen) atoms. The van der Waals surface area contributed by atoms with E-state index >= 15 is 0 Å². The number of carbonyl (C=O) groups excluding carboxylic acids is 1. The van der Waals surface area contributed by atoms with Crippen molar-refractivity contribution >= 4 is 17.7 Å². The maximum Gasteiger partial charge on any atom is 0.233 e. The summed E-state index contributed by atoms with van der Waals surface area (Å²) in [5.41, 5.74) is 0. The first-order valence-corrected chi connectivity index (χ1v) is 9.00. The Hall–Kier alpha value is -1.04. The molecule has 1 fully saturated rings. The SMILES string of the molecule is CCCc1nnc(SCC(=O)N2CCCC[C@@H]2C)n1CC. The summed E-state index contributed by atoms with van der Waals surface area (Å²) in [6, 6.07) is 0.381. The number of hydrogen-bond donors (Lipinski definition) is 0. The van der Waals surface area contributed by atoms with Crippen molar-refractivity contribution in [2.75, 3.05) is 12.3 Å². The zero-order valence-electron chi connectivity index (χ0n) is 13.3. The van der Waals surface area contributed by atoms with Gasteiger partial charge in [0.05, 0.1) is 5.75 Å². The first kappa shape index (κ1) is 16.3. The number of carbonyl (C=O) groups is 1. The Morgan fingerprint density at radius 1 is 1.33 bits per heavy atom. The zero-order chi connectivity index (χ0) is 15.2. The third kappa shape index (κ3) is 3.99. The predicted molar refractivity (Wildman–Crippen MR) is 85.4 cm³/mol. The number of nitrogens with zero attached hydrogens (tertiary/aromatic N) is 4. The lowest BCUT2D eigenvalue weighted by atomic mass is 10.0. The van der Waals surface area contributed by atoms with Crippen LogP contribution in [0.5, 0.6) is 0 Å². The van der Waals surface area contributed by atoms with Gasteiger partial charge in [0.2, 0.25) is 5.91 Å². The van der Waals surface area contributed by atoms with Crippen molar-refractivity contribution in [1.29, 1.82) is 0 Å². The molecule has 0 N–H and O–H groups in total. The molecule has 1 amide bonds. The van der Waals surface area contributed by atoms with E-state index in [1.54, 1.807) is 0 Å². The molecule has 1 saturated heterocycles. The Balaban J connectivity index is 1.94. The van der Waals surface area contributed by atoms with Gasteiger partial charge in [0.1, 0.15) is 5.82 Å². The van der Waals surface area contributed by atoms with Crippen molar-refractivity contribution in [3.8, 4) is 0 Å². The van der Waals surface area contributed by atoms with Gasteiger partial charge in [0.25, 0.3) is 0 Å². The average Bonchev–Trinajstić information content (AvgIpc) is 2.87. The van der Waals surface area contributed by atoms with Crippen molar-refractivity contribution < 1.29 is 4.79 Å². The highest BCUT2D eigenvalue weighted by Gasteiger charge is 2.23. The summed E-state index contributed by atoms with van der Waals surface area (Å²) in [5, 5.41) is 9.37. The van der Waals surface area contributed by atoms with Crippen molar-refractivity contribution in [3.05, 3.63) is 5.82 Å². The largest absolute Gasteiger partial charge is 0.339 e. The van der Waals surface area contributed by atoms with Crippen LogP contribution in [0.3, 0.4) is 0 Å². The summed E-state index contributed by atoms with van der Waals surface area (Å²) in [7, 11) is 0. The predicted octanol–water partition coefficient (Wildman–Crippen LogP) is 2.74. The van der Waals surface area contributed by atoms with Crippen LogP contribution in [0.1, 0.15) is 52.3 Å². The second-order valence-corrected chi connectivity index (χ2v) is 6.56. The van der Waals surface area contributed by atoms with E-state index in [1.165, 1.54) is 18.2 Å². The third-order valence-electron chi connectivity index (χ3n) is 4.03. The number of piperidine rings is 1. The van der Waals surface area contributed by atoms with Crippen LogP contribution < -0.4 is 0 Å². The highest BCUT2D eigenvalue weighted by atomic mass is 32.2. The lowest BCUT2D eigenvalue weighted by Gasteiger charge is -2.33. The second kappa shape index (κ2) is 7.82. The summed E-state index contributed by atoms with van der Waals surface area (Å²) >= 11 is 1.52. The van der Waals surface area contributed by atoms with Gasteiger partial charge in [-0.3, -0.25) is 4.79 Å². The van der Waals surface area contributed by atoms with Gasteiger partial charge in [-0.05, 0) is 39.5 Å². The van der Waals surface area contributed by atoms with Crippen LogP contribution in [-0.2, 0) is 17.8 Å². The monoisotopic (exact) mass is 310 g/mol. The van der Waals surface area contributed by atoms with Gasteiger partial charge < -0.3 is 9.47 Å². The molecule has 1 atom stereocenters. The van der Waals surface area contributed by atoms with E-state index in [2.05, 4.69) is 35.5 Å². The van der Waals surface area contributed by atoms with Crippen LogP contribution >= 0.6 is 11.8 Å². The molecule has 0 spiro atoms. The highest BCUT2D eigenvalue weighted by molar-refractivity contribution is 7.99. The summed E-state index contributed by atoms with van der Waals surface area (Å²) in [6.45, 7) is 8.15. The van der Waals surface area contributed by atoms with Gasteiger partial charge in [-0.2, -0.15) is 0 Å². The van der Waals surface area contributed by atoms with Crippen LogP contribution in [0, 0.1) is 0 Å². The van der Waals surface area contributed by atoms with Crippen molar-refractivity contribution in [2.24, 2.45) is 0 Å². The Morgan fingerprint density at radius 3 is 2.81 bits per heavy atom. The molecule has 0 aromatic carbocycles. The summed E-state index contributed by atoms with van der Waals surface area (Å²) < 4.78 is 2.13. The Bertz CT molecular complexity index is 474. The van der Waals surface area contributed by atoms with Crippen LogP contribution in [-0.4, -0.2) is 43.9 Å². The van der Waals surface area contributed by atoms with Gasteiger partial charge in [0, 0.05) is 25.6 Å². The van der Waals surface area contributed by atoms with Crippen LogP contribution in [0.15, 0.2) is 5.16 Å². The van der Waals surface area contributed by atoms with Gasteiger partial charge in [0.15, 0.2) is 5.16 Å². The van der Waals surface area contributed by atoms with E-state index < -0.39 is 0 Å². The minimum atomic E-state index is 0.231. The van der Waals surface area contributed by atoms with E-state index in [0.717, 1.165) is 49.8 Å². The smallest absolute Gasteiger partial charge is 0.233 e. The summed E-state index contributed by atoms with van der Waals surface area (Å²) in [6.07, 6.45) is 5.50. The molecular weight excluding hydrogens is 284 g/mol. The fourth-order valence-corrected chi connectivity index (χ4v) is 3.74. The molecule has 0 unspecified atom stereocenters. The number of hydrogen-bond acceptors (Lipinski definition) is 4. The van der Waals surface area contributed by atoms with Crippen molar-refractivity contribution in [3.63, 3.8) is 0 Å². The molecule has 6 heteroatoms. The number of aromatic nitrogens is 3. The standard InChI is InChI=1S/C15H26N4OS/c1-4-8-13-16-17-15(18(13)5-2)21-11-14(20)19-10-7-6-9-12(19)3/h12H,4-11H2,1-3H3/t12-/m0/s1. The van der Waals surface area contributed by atoms with E-state index in [4.69, 9.17) is 0 Å². The number of likely N-dealkylation sites (tertiary alicyclic amines) is 1. The maximum absolute atomic E-state index is 12.4. The quantitative estimate of drug-likeness (QED) is 0.758. The van der Waals surface area contributed by atoms with Crippen LogP contribution in [0.25, 0.3) is 0 Å². The molecule has 0 bridgehead atoms. The van der Waals surface area contributed by atoms with Crippen LogP contribution in [0.2, 0.25) is 0 Å². The molecule has 2 rings (SSSR count). The maximum atomic E-state index is 12.4. The van der Waals surface area contributed by atoms with Crippen LogP contribution in [0.4, 0.5) is 0 Å². The summed E-state index contributed by atoms with van der Waals surface area (Å²) in [4.78, 5) is 14.4. The number of amides is 1. The molecule has 0 radical (unpaired) electrons. The Labute approximate surface area is 131 Å². The molecule has 0 saturated carbocycles. The minimum absolute atomic E-state index is 0.231. The fraction of sp³-hybridized carbons (Fsp3) is 0.800. The molecule has 2 heterocycles. The lowest BCUT2D eigenvalue weighted by molar-refractivity contribution is -0.131. The molecule has 5 nitrogen and oxygen atoms in total. The molecule has 0 aliphatic carbocycles. The van der Waals surface area contributed by atoms with E-state index in [1.807, 2.05) is 4.90 Å². The van der Waals surface area contributed by atoms with E-state index in [-0.39, 0.29) is 5.91 Å². The van der Waals surface area contributed by atoms with Gasteiger partial charge >= 0.3 is 0 Å². The molecule has 1 aromatic heterocycles. The molecule has 1 aromatic rings. The average molecular weight is 310 g/mol. The van der Waals surface area contributed by atoms with Gasteiger partial charge in [-0.1, -0.05) is 18.7 Å². The van der Waals surface area contributed by atoms with Gasteiger partial charge in [-0.25, -0.2) is 0 Å². The van der Waals surface area contributed by atoms with E-state index in [9.17, 15) is 4.79 Å². The fourth-order valence-electron chi connectivity index (χ4n) is 2.83. The van der Waals surface area contributed by atoms with Crippen molar-refractivity contribution in [2.45, 2.75) is 70.6 Å². The van der Waals surface area contributed by atoms with E-state index in [0.29, 0.717) is 11.8 Å². The van der Waals surface area contributed by atoms with Gasteiger partial charge in [-0.15, -0.1) is 10.2 Å². The Kier molecular flexibility index (Phi) is 6.08. The zero-order valence-corrected chi connectivity index (χ0v) is 14.2. The molecule has 1 aliphatic rings. The first-order chi connectivity index (χ1) is 10.2. The number of thioether (sulfide) groups is 1.